The number of hydrogen-bond donors (Lipinski definition) is 2. The molecule has 0 aliphatic carbocycles. The van der Waals surface area contributed by atoms with Gasteiger partial charge in [0.15, 0.2) is 5.96 Å². The molecule has 0 saturated carbocycles. The lowest BCUT2D eigenvalue weighted by molar-refractivity contribution is 0.0179. The number of methoxy groups -OCH3 is 1. The second kappa shape index (κ2) is 15.7. The van der Waals surface area contributed by atoms with Crippen LogP contribution in [0.3, 0.4) is 0 Å². The van der Waals surface area contributed by atoms with Crippen LogP contribution in [-0.4, -0.2) is 77.1 Å². The largest absolute Gasteiger partial charge is 0.497 e. The molecule has 172 valence electrons. The maximum absolute atomic E-state index is 5.66. The zero-order chi connectivity index (χ0) is 20.9. The molecule has 0 radical (unpaired) electrons. The second-order valence-electron chi connectivity index (χ2n) is 7.55. The number of halogens is 1. The predicted octanol–water partition coefficient (Wildman–Crippen LogP) is 2.91. The van der Waals surface area contributed by atoms with E-state index in [1.165, 1.54) is 5.56 Å². The lowest BCUT2D eigenvalue weighted by Crippen LogP contribution is -2.42. The second-order valence-corrected chi connectivity index (χ2v) is 7.55. The topological polar surface area (TPSA) is 67.4 Å². The molecule has 0 aromatic heterocycles. The first-order valence-electron chi connectivity index (χ1n) is 10.7. The third kappa shape index (κ3) is 9.80. The van der Waals surface area contributed by atoms with E-state index in [4.69, 9.17) is 19.2 Å². The average Bonchev–Trinajstić information content (AvgIpc) is 2.74. The summed E-state index contributed by atoms with van der Waals surface area (Å²) in [5.41, 5.74) is 1.24. The Kier molecular flexibility index (Phi) is 14.1. The van der Waals surface area contributed by atoms with E-state index in [0.717, 1.165) is 57.7 Å². The summed E-state index contributed by atoms with van der Waals surface area (Å²) in [5.74, 6) is 2.25. The van der Waals surface area contributed by atoms with E-state index in [1.807, 2.05) is 12.1 Å². The van der Waals surface area contributed by atoms with Crippen molar-refractivity contribution in [3.8, 4) is 5.75 Å². The molecular formula is C22H39IN4O3. The van der Waals surface area contributed by atoms with Gasteiger partial charge < -0.3 is 24.8 Å². The van der Waals surface area contributed by atoms with E-state index in [-0.39, 0.29) is 30.0 Å². The van der Waals surface area contributed by atoms with Gasteiger partial charge in [-0.15, -0.1) is 24.0 Å². The molecule has 2 N–H and O–H groups in total. The van der Waals surface area contributed by atoms with Crippen molar-refractivity contribution in [2.45, 2.75) is 26.8 Å². The molecule has 1 unspecified atom stereocenters. The summed E-state index contributed by atoms with van der Waals surface area (Å²) in [7, 11) is 1.69. The highest BCUT2D eigenvalue weighted by atomic mass is 127. The van der Waals surface area contributed by atoms with E-state index in [1.54, 1.807) is 7.11 Å². The van der Waals surface area contributed by atoms with Gasteiger partial charge >= 0.3 is 0 Å². The van der Waals surface area contributed by atoms with Gasteiger partial charge in [0.25, 0.3) is 0 Å². The Bertz CT molecular complexity index is 593. The molecule has 8 heteroatoms. The summed E-state index contributed by atoms with van der Waals surface area (Å²) >= 11 is 0. The van der Waals surface area contributed by atoms with Crippen LogP contribution in [-0.2, 0) is 9.47 Å². The van der Waals surface area contributed by atoms with Gasteiger partial charge in [-0.1, -0.05) is 26.0 Å². The number of aliphatic imine (C=N–C) groups is 1. The molecule has 2 rings (SSSR count). The number of rotatable bonds is 11. The van der Waals surface area contributed by atoms with Crippen LogP contribution in [0.1, 0.15) is 32.4 Å². The monoisotopic (exact) mass is 534 g/mol. The van der Waals surface area contributed by atoms with E-state index < -0.39 is 0 Å². The third-order valence-corrected chi connectivity index (χ3v) is 4.74. The minimum absolute atomic E-state index is 0. The molecule has 0 bridgehead atoms. The average molecular weight is 534 g/mol. The fourth-order valence-electron chi connectivity index (χ4n) is 3.23. The molecular weight excluding hydrogens is 495 g/mol. The molecule has 1 aliphatic heterocycles. The highest BCUT2D eigenvalue weighted by Gasteiger charge is 2.22. The number of benzene rings is 1. The highest BCUT2D eigenvalue weighted by molar-refractivity contribution is 14.0. The van der Waals surface area contributed by atoms with Crippen LogP contribution in [0, 0.1) is 5.92 Å². The van der Waals surface area contributed by atoms with Gasteiger partial charge in [0.05, 0.1) is 39.5 Å². The first kappa shape index (κ1) is 26.9. The molecule has 1 saturated heterocycles. The smallest absolute Gasteiger partial charge is 0.191 e. The molecule has 30 heavy (non-hydrogen) atoms. The minimum atomic E-state index is 0. The number of hydrogen-bond acceptors (Lipinski definition) is 5. The number of nitrogens with zero attached hydrogens (tertiary/aromatic N) is 2. The van der Waals surface area contributed by atoms with Crippen LogP contribution in [0.2, 0.25) is 0 Å². The molecule has 1 atom stereocenters. The van der Waals surface area contributed by atoms with Crippen LogP contribution >= 0.6 is 24.0 Å². The summed E-state index contributed by atoms with van der Waals surface area (Å²) in [6.45, 7) is 13.5. The summed E-state index contributed by atoms with van der Waals surface area (Å²) < 4.78 is 16.5. The first-order valence-corrected chi connectivity index (χ1v) is 10.7. The van der Waals surface area contributed by atoms with Crippen molar-refractivity contribution in [3.63, 3.8) is 0 Å². The number of morpholine rings is 1. The lowest BCUT2D eigenvalue weighted by Gasteiger charge is -2.34. The molecule has 1 heterocycles. The molecule has 7 nitrogen and oxygen atoms in total. The van der Waals surface area contributed by atoms with Gasteiger partial charge in [-0.2, -0.15) is 0 Å². The fourth-order valence-corrected chi connectivity index (χ4v) is 3.23. The molecule has 1 aromatic rings. The molecule has 0 amide bonds. The summed E-state index contributed by atoms with van der Waals surface area (Å²) in [6, 6.07) is 8.50. The van der Waals surface area contributed by atoms with Crippen molar-refractivity contribution >= 4 is 29.9 Å². The molecule has 1 fully saturated rings. The fraction of sp³-hybridized carbons (Fsp3) is 0.682. The number of ether oxygens (including phenoxy) is 3. The minimum Gasteiger partial charge on any atom is -0.497 e. The summed E-state index contributed by atoms with van der Waals surface area (Å²) in [6.07, 6.45) is 0. The van der Waals surface area contributed by atoms with Crippen LogP contribution < -0.4 is 15.4 Å². The Hall–Kier alpha value is -1.10. The Morgan fingerprint density at radius 3 is 2.47 bits per heavy atom. The van der Waals surface area contributed by atoms with Crippen molar-refractivity contribution in [2.75, 3.05) is 66.3 Å². The quantitative estimate of drug-likeness (QED) is 0.197. The van der Waals surface area contributed by atoms with Gasteiger partial charge in [-0.05, 0) is 30.5 Å². The molecule has 1 aromatic carbocycles. The zero-order valence-electron chi connectivity index (χ0n) is 18.9. The summed E-state index contributed by atoms with van der Waals surface area (Å²) in [4.78, 5) is 7.31. The van der Waals surface area contributed by atoms with E-state index in [2.05, 4.69) is 48.4 Å². The maximum Gasteiger partial charge on any atom is 0.191 e. The van der Waals surface area contributed by atoms with Gasteiger partial charge in [0.2, 0.25) is 0 Å². The van der Waals surface area contributed by atoms with Crippen molar-refractivity contribution in [3.05, 3.63) is 29.8 Å². The van der Waals surface area contributed by atoms with E-state index >= 15 is 0 Å². The highest BCUT2D eigenvalue weighted by Crippen LogP contribution is 2.24. The Labute approximate surface area is 199 Å². The first-order chi connectivity index (χ1) is 14.1. The van der Waals surface area contributed by atoms with Crippen LogP contribution in [0.15, 0.2) is 29.3 Å². The standard InChI is InChI=1S/C22H38N4O3.HI/c1-5-23-22(24-10-13-29-17-18(2)3)25-16-21(26-11-14-28-15-12-26)19-6-8-20(27-4)9-7-19;/h6-9,18,21H,5,10-17H2,1-4H3,(H2,23,24,25);1H. The third-order valence-electron chi connectivity index (χ3n) is 4.74. The van der Waals surface area contributed by atoms with Gasteiger partial charge in [-0.3, -0.25) is 9.89 Å². The molecule has 0 spiro atoms. The van der Waals surface area contributed by atoms with Gasteiger partial charge in [0.1, 0.15) is 5.75 Å². The normalized spacial score (nSPS) is 16.1. The predicted molar refractivity (Wildman–Crippen MR) is 133 cm³/mol. The van der Waals surface area contributed by atoms with Crippen molar-refractivity contribution < 1.29 is 14.2 Å². The maximum atomic E-state index is 5.66. The lowest BCUT2D eigenvalue weighted by atomic mass is 10.0. The van der Waals surface area contributed by atoms with Crippen molar-refractivity contribution in [2.24, 2.45) is 10.9 Å². The summed E-state index contributed by atoms with van der Waals surface area (Å²) in [5, 5.41) is 6.70. The van der Waals surface area contributed by atoms with E-state index in [9.17, 15) is 0 Å². The SMILES string of the molecule is CCNC(=NCC(c1ccc(OC)cc1)N1CCOCC1)NCCOCC(C)C.I. The van der Waals surface area contributed by atoms with Crippen molar-refractivity contribution in [1.82, 2.24) is 15.5 Å². The van der Waals surface area contributed by atoms with Crippen LogP contribution in [0.25, 0.3) is 0 Å². The van der Waals surface area contributed by atoms with Crippen LogP contribution in [0.4, 0.5) is 0 Å². The molecule has 1 aliphatic rings. The van der Waals surface area contributed by atoms with Gasteiger partial charge in [-0.25, -0.2) is 0 Å². The van der Waals surface area contributed by atoms with Crippen molar-refractivity contribution in [1.29, 1.82) is 0 Å². The van der Waals surface area contributed by atoms with E-state index in [0.29, 0.717) is 19.1 Å². The Morgan fingerprint density at radius 2 is 1.87 bits per heavy atom. The van der Waals surface area contributed by atoms with Crippen LogP contribution in [0.5, 0.6) is 5.75 Å². The van der Waals surface area contributed by atoms with Gasteiger partial charge in [0, 0.05) is 32.8 Å². The number of nitrogens with one attached hydrogen (secondary N) is 2. The zero-order valence-corrected chi connectivity index (χ0v) is 21.2. The number of guanidine groups is 1. The Balaban J connectivity index is 0.00000450. The Morgan fingerprint density at radius 1 is 1.17 bits per heavy atom.